The molecule has 0 atom stereocenters. The van der Waals surface area contributed by atoms with Crippen molar-refractivity contribution in [1.29, 1.82) is 17.1 Å². The van der Waals surface area contributed by atoms with Crippen LogP contribution < -0.4 is 5.73 Å². The third kappa shape index (κ3) is 2.69. The molecule has 0 aromatic carbocycles. The molecule has 0 bridgehead atoms. The van der Waals surface area contributed by atoms with Gasteiger partial charge in [0, 0.05) is 0 Å². The molecule has 0 unspecified atom stereocenters. The Bertz CT molecular complexity index is 347. The zero-order valence-electron chi connectivity index (χ0n) is 6.50. The first kappa shape index (κ1) is 9.94. The molecular formula is C7H7BN4. The summed E-state index contributed by atoms with van der Waals surface area (Å²) in [7, 11) is 0.698. The second kappa shape index (κ2) is 5.71. The Morgan fingerprint density at radius 1 is 1.25 bits per heavy atom. The van der Waals surface area contributed by atoms with Gasteiger partial charge in [-0.15, -0.1) is 0 Å². The molecule has 0 aromatic rings. The van der Waals surface area contributed by atoms with Crippen molar-refractivity contribution < 1.29 is 0 Å². The first-order chi connectivity index (χ1) is 5.71. The molecule has 58 valence electrons. The minimum atomic E-state index is -0.352. The van der Waals surface area contributed by atoms with Crippen LogP contribution in [0.2, 0.25) is 0 Å². The van der Waals surface area contributed by atoms with Crippen molar-refractivity contribution in [3.05, 3.63) is 11.3 Å². The Morgan fingerprint density at radius 3 is 2.00 bits per heavy atom. The van der Waals surface area contributed by atoms with Crippen LogP contribution in [0.25, 0.3) is 0 Å². The van der Waals surface area contributed by atoms with Crippen LogP contribution >= 0.6 is 0 Å². The summed E-state index contributed by atoms with van der Waals surface area (Å²) in [5.41, 5.74) is 4.44. The van der Waals surface area contributed by atoms with Gasteiger partial charge in [0.15, 0.2) is 0 Å². The summed E-state index contributed by atoms with van der Waals surface area (Å²) in [4.78, 5) is 0. The molecule has 0 spiro atoms. The predicted octanol–water partition coefficient (Wildman–Crippen LogP) is -0.521. The van der Waals surface area contributed by atoms with Gasteiger partial charge >= 0.3 is 65.2 Å². The summed E-state index contributed by atoms with van der Waals surface area (Å²) in [5.74, 6) is 0. The van der Waals surface area contributed by atoms with Gasteiger partial charge in [-0.05, 0) is 0 Å². The Morgan fingerprint density at radius 2 is 1.75 bits per heavy atom. The number of hydrogen-bond acceptors (Lipinski definition) is 4. The Labute approximate surface area is 73.6 Å². The van der Waals surface area contributed by atoms with E-state index in [1.807, 2.05) is 0 Å². The van der Waals surface area contributed by atoms with Crippen LogP contribution in [0.15, 0.2) is 11.3 Å². The molecule has 0 radical (unpaired) electrons. The molecule has 2 N–H and O–H groups in total. The number of nitrogens with zero attached hydrogens (tertiary/aromatic N) is 3. The summed E-state index contributed by atoms with van der Waals surface area (Å²) in [5, 5.41) is 25.0. The van der Waals surface area contributed by atoms with Crippen molar-refractivity contribution in [2.45, 2.75) is 7.43 Å². The minimum absolute atomic E-state index is 0. The average Bonchev–Trinajstić information content (AvgIpc) is 2.09. The van der Waals surface area contributed by atoms with Crippen LogP contribution in [0.4, 0.5) is 0 Å². The molecule has 0 rings (SSSR count). The first-order valence-electron chi connectivity index (χ1n) is 3.08. The SMILES string of the molecule is C.[2H]B=C(C#N)C(N)=C(C#N)C#N. The van der Waals surface area contributed by atoms with E-state index in [4.69, 9.17) is 22.9 Å². The van der Waals surface area contributed by atoms with Crippen LogP contribution in [0.1, 0.15) is 7.43 Å². The molecule has 5 heteroatoms. The predicted molar refractivity (Wildman–Crippen MR) is 46.9 cm³/mol. The van der Waals surface area contributed by atoms with Gasteiger partial charge in [-0.25, -0.2) is 0 Å². The second-order valence-electron chi connectivity index (χ2n) is 1.54. The zero-order valence-corrected chi connectivity index (χ0v) is 5.50. The summed E-state index contributed by atoms with van der Waals surface area (Å²) in [6.45, 7) is 0. The Kier molecular flexibility index (Phi) is 4.73. The van der Waals surface area contributed by atoms with Crippen molar-refractivity contribution in [1.82, 2.24) is 0 Å². The molecule has 4 nitrogen and oxygen atoms in total. The van der Waals surface area contributed by atoms with E-state index >= 15 is 0 Å². The maximum atomic E-state index is 8.37. The van der Waals surface area contributed by atoms with Crippen molar-refractivity contribution in [2.75, 3.05) is 0 Å². The van der Waals surface area contributed by atoms with E-state index in [-0.39, 0.29) is 24.2 Å². The van der Waals surface area contributed by atoms with E-state index in [1.165, 1.54) is 12.1 Å². The number of rotatable bonds is 1. The molecule has 0 heterocycles. The molecule has 0 aromatic heterocycles. The van der Waals surface area contributed by atoms with Crippen molar-refractivity contribution in [3.8, 4) is 18.2 Å². The van der Waals surface area contributed by atoms with Crippen LogP contribution in [0.3, 0.4) is 0 Å². The molecule has 0 saturated heterocycles. The fraction of sp³-hybridized carbons (Fsp3) is 0.143. The molecule has 12 heavy (non-hydrogen) atoms. The number of allylic oxidation sites excluding steroid dienone is 2. The van der Waals surface area contributed by atoms with Gasteiger partial charge in [0.2, 0.25) is 0 Å². The van der Waals surface area contributed by atoms with Gasteiger partial charge < -0.3 is 0 Å². The molecule has 0 amide bonds. The number of hydrogen-bond donors (Lipinski definition) is 1. The monoisotopic (exact) mass is 159 g/mol. The Hall–Kier alpha value is -2.06. The number of nitrogens with two attached hydrogens (primary N) is 1. The summed E-state index contributed by atoms with van der Waals surface area (Å²) in [6.07, 6.45) is 0. The fourth-order valence-electron chi connectivity index (χ4n) is 0.340. The quantitative estimate of drug-likeness (QED) is 0.411. The van der Waals surface area contributed by atoms with Gasteiger partial charge in [-0.3, -0.25) is 0 Å². The van der Waals surface area contributed by atoms with Gasteiger partial charge in [0.25, 0.3) is 0 Å². The summed E-state index contributed by atoms with van der Waals surface area (Å²) >= 11 is 0. The average molecular weight is 159 g/mol. The van der Waals surface area contributed by atoms with Gasteiger partial charge in [-0.2, -0.15) is 0 Å². The van der Waals surface area contributed by atoms with E-state index in [0.29, 0.717) is 7.45 Å². The molecular weight excluding hydrogens is 151 g/mol. The van der Waals surface area contributed by atoms with E-state index in [2.05, 4.69) is 0 Å². The number of nitriles is 3. The molecule has 0 aliphatic rings. The van der Waals surface area contributed by atoms with Gasteiger partial charge in [0.1, 0.15) is 0 Å². The van der Waals surface area contributed by atoms with E-state index in [9.17, 15) is 0 Å². The third-order valence-electron chi connectivity index (χ3n) is 0.904. The molecule has 0 aliphatic carbocycles. The molecule has 0 saturated carbocycles. The fourth-order valence-corrected chi connectivity index (χ4v) is 0.340. The topological polar surface area (TPSA) is 97.4 Å². The van der Waals surface area contributed by atoms with Crippen LogP contribution in [-0.2, 0) is 0 Å². The standard InChI is InChI=1S/C6H3BN4.CH4/c7-5(3-10)6(11)4(1-8)2-9;/h7H,11H2;1H4/i7D;. The first-order valence-corrected chi connectivity index (χ1v) is 2.50. The van der Waals surface area contributed by atoms with Crippen LogP contribution in [0.5, 0.6) is 0 Å². The van der Waals surface area contributed by atoms with Crippen LogP contribution in [0, 0.1) is 34.0 Å². The zero-order chi connectivity index (χ0) is 9.56. The Balaban J connectivity index is 0. The normalized spacial score (nSPS) is 8.42. The summed E-state index contributed by atoms with van der Waals surface area (Å²) < 4.78 is 6.72. The van der Waals surface area contributed by atoms with Gasteiger partial charge in [-0.1, -0.05) is 7.43 Å². The molecule has 0 fully saturated rings. The van der Waals surface area contributed by atoms with Crippen molar-refractivity contribution >= 4 is 12.9 Å². The second-order valence-corrected chi connectivity index (χ2v) is 1.54. The van der Waals surface area contributed by atoms with Crippen molar-refractivity contribution in [2.24, 2.45) is 5.73 Å². The summed E-state index contributed by atoms with van der Waals surface area (Å²) in [6, 6.07) is 4.63. The van der Waals surface area contributed by atoms with E-state index < -0.39 is 0 Å². The van der Waals surface area contributed by atoms with Gasteiger partial charge in [0.05, 0.1) is 0 Å². The van der Waals surface area contributed by atoms with Crippen molar-refractivity contribution in [3.63, 3.8) is 0 Å². The maximum absolute atomic E-state index is 8.37. The van der Waals surface area contributed by atoms with Crippen LogP contribution in [-0.4, -0.2) is 14.3 Å². The van der Waals surface area contributed by atoms with E-state index in [1.54, 1.807) is 6.07 Å². The van der Waals surface area contributed by atoms with E-state index in [0.717, 1.165) is 0 Å². The molecule has 0 aliphatic heterocycles. The third-order valence-corrected chi connectivity index (χ3v) is 0.904.